The second kappa shape index (κ2) is 6.39. The van der Waals surface area contributed by atoms with Crippen LogP contribution in [-0.4, -0.2) is 22.2 Å². The molecule has 1 aromatic rings. The molecule has 0 atom stereocenters. The van der Waals surface area contributed by atoms with Crippen molar-refractivity contribution in [2.45, 2.75) is 12.8 Å². The number of benzene rings is 1. The predicted molar refractivity (Wildman–Crippen MR) is 64.5 cm³/mol. The number of carboxylic acids is 2. The first-order chi connectivity index (χ1) is 6.59. The molecule has 2 N–H and O–H groups in total. The largest absolute Gasteiger partial charge is 0.481 e. The van der Waals surface area contributed by atoms with Crippen molar-refractivity contribution in [3.8, 4) is 0 Å². The van der Waals surface area contributed by atoms with Crippen LogP contribution >= 0.6 is 24.0 Å². The molecule has 0 aliphatic carbocycles. The zero-order valence-corrected chi connectivity index (χ0v) is 10.2. The fourth-order valence-electron chi connectivity index (χ4n) is 1.23. The highest BCUT2D eigenvalue weighted by atomic mass is 127. The van der Waals surface area contributed by atoms with Gasteiger partial charge in [-0.15, -0.1) is 24.0 Å². The molecule has 0 radical (unpaired) electrons. The molecule has 82 valence electrons. The van der Waals surface area contributed by atoms with Crippen molar-refractivity contribution in [3.63, 3.8) is 0 Å². The van der Waals surface area contributed by atoms with Crippen molar-refractivity contribution in [1.29, 1.82) is 0 Å². The van der Waals surface area contributed by atoms with Crippen LogP contribution in [0.25, 0.3) is 0 Å². The first kappa shape index (κ1) is 13.9. The molecule has 4 nitrogen and oxygen atoms in total. The minimum atomic E-state index is -0.956. The van der Waals surface area contributed by atoms with Gasteiger partial charge in [0.15, 0.2) is 0 Å². The lowest BCUT2D eigenvalue weighted by molar-refractivity contribution is -0.137. The maximum Gasteiger partial charge on any atom is 0.307 e. The number of aliphatic carboxylic acids is 2. The van der Waals surface area contributed by atoms with E-state index >= 15 is 0 Å². The van der Waals surface area contributed by atoms with E-state index in [0.29, 0.717) is 11.1 Å². The second-order valence-corrected chi connectivity index (χ2v) is 2.91. The SMILES string of the molecule is I.O=C(O)Cc1ccccc1CC(=O)O. The van der Waals surface area contributed by atoms with Gasteiger partial charge in [0.05, 0.1) is 12.8 Å². The summed E-state index contributed by atoms with van der Waals surface area (Å²) in [5.41, 5.74) is 1.12. The lowest BCUT2D eigenvalue weighted by atomic mass is 10.0. The number of halogens is 1. The predicted octanol–water partition coefficient (Wildman–Crippen LogP) is 1.56. The average Bonchev–Trinajstić information content (AvgIpc) is 2.06. The number of hydrogen-bond acceptors (Lipinski definition) is 2. The third-order valence-corrected chi connectivity index (χ3v) is 1.80. The van der Waals surface area contributed by atoms with Gasteiger partial charge >= 0.3 is 11.9 Å². The van der Waals surface area contributed by atoms with Gasteiger partial charge in [-0.2, -0.15) is 0 Å². The summed E-state index contributed by atoms with van der Waals surface area (Å²) in [6.45, 7) is 0. The third kappa shape index (κ3) is 4.78. The van der Waals surface area contributed by atoms with Crippen molar-refractivity contribution in [1.82, 2.24) is 0 Å². The topological polar surface area (TPSA) is 74.6 Å². The van der Waals surface area contributed by atoms with Crippen LogP contribution in [0.2, 0.25) is 0 Å². The van der Waals surface area contributed by atoms with Gasteiger partial charge in [0.25, 0.3) is 0 Å². The van der Waals surface area contributed by atoms with E-state index < -0.39 is 11.9 Å². The summed E-state index contributed by atoms with van der Waals surface area (Å²) in [7, 11) is 0. The summed E-state index contributed by atoms with van der Waals surface area (Å²) < 4.78 is 0. The van der Waals surface area contributed by atoms with E-state index in [9.17, 15) is 9.59 Å². The highest BCUT2D eigenvalue weighted by Gasteiger charge is 2.08. The summed E-state index contributed by atoms with van der Waals surface area (Å²) >= 11 is 0. The zero-order chi connectivity index (χ0) is 10.6. The van der Waals surface area contributed by atoms with Crippen LogP contribution in [0.1, 0.15) is 11.1 Å². The van der Waals surface area contributed by atoms with Crippen molar-refractivity contribution >= 4 is 35.9 Å². The Balaban J connectivity index is 0.00000196. The molecular weight excluding hydrogens is 311 g/mol. The molecule has 0 saturated carbocycles. The average molecular weight is 322 g/mol. The Morgan fingerprint density at radius 2 is 1.27 bits per heavy atom. The Hall–Kier alpha value is -1.11. The fourth-order valence-corrected chi connectivity index (χ4v) is 1.23. The lowest BCUT2D eigenvalue weighted by Gasteiger charge is -2.04. The third-order valence-electron chi connectivity index (χ3n) is 1.80. The van der Waals surface area contributed by atoms with Crippen molar-refractivity contribution in [2.75, 3.05) is 0 Å². The van der Waals surface area contributed by atoms with E-state index in [-0.39, 0.29) is 36.8 Å². The van der Waals surface area contributed by atoms with E-state index in [4.69, 9.17) is 10.2 Å². The van der Waals surface area contributed by atoms with Crippen LogP contribution in [0.15, 0.2) is 24.3 Å². The molecule has 0 aliphatic rings. The molecule has 0 unspecified atom stereocenters. The Morgan fingerprint density at radius 3 is 1.53 bits per heavy atom. The Morgan fingerprint density at radius 1 is 0.933 bits per heavy atom. The summed E-state index contributed by atoms with van der Waals surface area (Å²) in [6, 6.07) is 6.66. The van der Waals surface area contributed by atoms with Gasteiger partial charge in [-0.1, -0.05) is 24.3 Å². The minimum Gasteiger partial charge on any atom is -0.481 e. The highest BCUT2D eigenvalue weighted by molar-refractivity contribution is 14.0. The number of rotatable bonds is 4. The monoisotopic (exact) mass is 322 g/mol. The molecule has 0 saturated heterocycles. The smallest absolute Gasteiger partial charge is 0.307 e. The molecule has 0 bridgehead atoms. The minimum absolute atomic E-state index is 0. The molecule has 0 amide bonds. The van der Waals surface area contributed by atoms with E-state index in [2.05, 4.69) is 0 Å². The second-order valence-electron chi connectivity index (χ2n) is 2.91. The fraction of sp³-hybridized carbons (Fsp3) is 0.200. The van der Waals surface area contributed by atoms with Gasteiger partial charge in [0.1, 0.15) is 0 Å². The van der Waals surface area contributed by atoms with E-state index in [1.54, 1.807) is 24.3 Å². The molecule has 1 aromatic carbocycles. The van der Waals surface area contributed by atoms with Crippen molar-refractivity contribution in [2.24, 2.45) is 0 Å². The Kier molecular flexibility index (Phi) is 5.92. The molecule has 5 heteroatoms. The molecule has 0 aromatic heterocycles. The number of carbonyl (C=O) groups is 2. The quantitative estimate of drug-likeness (QED) is 0.825. The van der Waals surface area contributed by atoms with Crippen LogP contribution in [0.4, 0.5) is 0 Å². The van der Waals surface area contributed by atoms with Crippen LogP contribution < -0.4 is 0 Å². The van der Waals surface area contributed by atoms with Crippen molar-refractivity contribution in [3.05, 3.63) is 35.4 Å². The summed E-state index contributed by atoms with van der Waals surface area (Å²) in [6.07, 6.45) is -0.271. The highest BCUT2D eigenvalue weighted by Crippen LogP contribution is 2.10. The molecule has 15 heavy (non-hydrogen) atoms. The van der Waals surface area contributed by atoms with Gasteiger partial charge < -0.3 is 10.2 Å². The van der Waals surface area contributed by atoms with Crippen LogP contribution in [0.3, 0.4) is 0 Å². The zero-order valence-electron chi connectivity index (χ0n) is 7.84. The first-order valence-corrected chi connectivity index (χ1v) is 4.10. The maximum absolute atomic E-state index is 10.5. The summed E-state index contributed by atoms with van der Waals surface area (Å²) in [5.74, 6) is -1.91. The Labute approximate surface area is 104 Å². The van der Waals surface area contributed by atoms with Crippen molar-refractivity contribution < 1.29 is 19.8 Å². The van der Waals surface area contributed by atoms with Gasteiger partial charge in [-0.3, -0.25) is 9.59 Å². The van der Waals surface area contributed by atoms with Gasteiger partial charge in [0, 0.05) is 0 Å². The van der Waals surface area contributed by atoms with Gasteiger partial charge in [-0.05, 0) is 11.1 Å². The summed E-state index contributed by atoms with van der Waals surface area (Å²) in [4.78, 5) is 20.9. The van der Waals surface area contributed by atoms with Gasteiger partial charge in [-0.25, -0.2) is 0 Å². The summed E-state index contributed by atoms with van der Waals surface area (Å²) in [5, 5.41) is 17.2. The van der Waals surface area contributed by atoms with E-state index in [1.165, 1.54) is 0 Å². The van der Waals surface area contributed by atoms with E-state index in [1.807, 2.05) is 0 Å². The molecule has 0 fully saturated rings. The number of hydrogen-bond donors (Lipinski definition) is 2. The lowest BCUT2D eigenvalue weighted by Crippen LogP contribution is -2.07. The van der Waals surface area contributed by atoms with Gasteiger partial charge in [0.2, 0.25) is 0 Å². The number of carboxylic acid groups (broad SMARTS) is 2. The van der Waals surface area contributed by atoms with E-state index in [0.717, 1.165) is 0 Å². The van der Waals surface area contributed by atoms with Crippen LogP contribution in [0.5, 0.6) is 0 Å². The molecule has 0 spiro atoms. The molecular formula is C10H11IO4. The standard InChI is InChI=1S/C10H10O4.HI/c11-9(12)5-7-3-1-2-4-8(7)6-10(13)14;/h1-4H,5-6H2,(H,11,12)(H,13,14);1H. The Bertz CT molecular complexity index is 327. The molecule has 0 aliphatic heterocycles. The maximum atomic E-state index is 10.5. The van der Waals surface area contributed by atoms with Crippen LogP contribution in [0, 0.1) is 0 Å². The van der Waals surface area contributed by atoms with Crippen LogP contribution in [-0.2, 0) is 22.4 Å². The molecule has 0 heterocycles. The normalized spacial score (nSPS) is 9.07. The molecule has 1 rings (SSSR count). The first-order valence-electron chi connectivity index (χ1n) is 4.10.